The molecule has 0 aliphatic carbocycles. The van der Waals surface area contributed by atoms with Crippen molar-refractivity contribution < 1.29 is 27.4 Å². The van der Waals surface area contributed by atoms with Gasteiger partial charge in [0.1, 0.15) is 17.4 Å². The standard InChI is InChI=1S/C25H24ClF3N2O3/c1-33-15-22(30)24(32)31-19-13-20(25(27,28)29)23(21(26)14-19)34-12-11-16-7-9-18(10-8-16)17-5-3-2-4-6-17/h2-10,13-14,22H,11-12,15,30H2,1H3,(H,31,32)/t22-/m0/s1. The smallest absolute Gasteiger partial charge is 0.420 e. The van der Waals surface area contributed by atoms with Gasteiger partial charge in [-0.05, 0) is 28.8 Å². The van der Waals surface area contributed by atoms with Gasteiger partial charge in [0, 0.05) is 19.2 Å². The second kappa shape index (κ2) is 11.4. The summed E-state index contributed by atoms with van der Waals surface area (Å²) < 4.78 is 51.3. The number of alkyl halides is 3. The van der Waals surface area contributed by atoms with E-state index in [9.17, 15) is 18.0 Å². The third-order valence-electron chi connectivity index (χ3n) is 5.00. The predicted molar refractivity (Wildman–Crippen MR) is 126 cm³/mol. The number of benzene rings is 3. The number of ether oxygens (including phenoxy) is 2. The van der Waals surface area contributed by atoms with Gasteiger partial charge in [-0.25, -0.2) is 0 Å². The molecule has 0 unspecified atom stereocenters. The van der Waals surface area contributed by atoms with Crippen molar-refractivity contribution in [1.82, 2.24) is 0 Å². The molecule has 0 heterocycles. The molecule has 0 saturated heterocycles. The lowest BCUT2D eigenvalue weighted by Crippen LogP contribution is -2.39. The first-order valence-corrected chi connectivity index (χ1v) is 10.8. The summed E-state index contributed by atoms with van der Waals surface area (Å²) >= 11 is 6.10. The van der Waals surface area contributed by atoms with E-state index >= 15 is 0 Å². The average molecular weight is 493 g/mol. The van der Waals surface area contributed by atoms with Gasteiger partial charge in [0.25, 0.3) is 0 Å². The van der Waals surface area contributed by atoms with Gasteiger partial charge in [-0.2, -0.15) is 13.2 Å². The number of hydrogen-bond acceptors (Lipinski definition) is 4. The fourth-order valence-electron chi connectivity index (χ4n) is 3.28. The highest BCUT2D eigenvalue weighted by molar-refractivity contribution is 6.32. The highest BCUT2D eigenvalue weighted by atomic mass is 35.5. The maximum absolute atomic E-state index is 13.7. The van der Waals surface area contributed by atoms with Crippen molar-refractivity contribution in [2.45, 2.75) is 18.6 Å². The summed E-state index contributed by atoms with van der Waals surface area (Å²) in [7, 11) is 1.36. The molecule has 0 fully saturated rings. The van der Waals surface area contributed by atoms with E-state index in [1.54, 1.807) is 0 Å². The third-order valence-corrected chi connectivity index (χ3v) is 5.28. The number of carbonyl (C=O) groups excluding carboxylic acids is 1. The summed E-state index contributed by atoms with van der Waals surface area (Å²) in [6.07, 6.45) is -4.36. The maximum atomic E-state index is 13.7. The largest absolute Gasteiger partial charge is 0.491 e. The van der Waals surface area contributed by atoms with Crippen molar-refractivity contribution in [2.75, 3.05) is 25.6 Å². The summed E-state index contributed by atoms with van der Waals surface area (Å²) in [5.74, 6) is -1.19. The van der Waals surface area contributed by atoms with E-state index < -0.39 is 29.4 Å². The Morgan fingerprint density at radius 2 is 1.71 bits per heavy atom. The molecule has 3 rings (SSSR count). The van der Waals surface area contributed by atoms with E-state index in [4.69, 9.17) is 26.8 Å². The number of rotatable bonds is 9. The zero-order valence-corrected chi connectivity index (χ0v) is 19.1. The van der Waals surface area contributed by atoms with E-state index in [1.165, 1.54) is 13.2 Å². The molecule has 3 aromatic rings. The minimum Gasteiger partial charge on any atom is -0.491 e. The van der Waals surface area contributed by atoms with Crippen LogP contribution in [0.25, 0.3) is 11.1 Å². The molecule has 0 aliphatic heterocycles. The van der Waals surface area contributed by atoms with Crippen molar-refractivity contribution in [2.24, 2.45) is 5.73 Å². The molecular weight excluding hydrogens is 469 g/mol. The number of methoxy groups -OCH3 is 1. The molecule has 34 heavy (non-hydrogen) atoms. The van der Waals surface area contributed by atoms with Gasteiger partial charge in [0.05, 0.1) is 18.2 Å². The molecular formula is C25H24ClF3N2O3. The van der Waals surface area contributed by atoms with Crippen LogP contribution in [0.15, 0.2) is 66.7 Å². The van der Waals surface area contributed by atoms with Gasteiger partial charge in [0.15, 0.2) is 0 Å². The van der Waals surface area contributed by atoms with E-state index in [2.05, 4.69) is 5.32 Å². The van der Waals surface area contributed by atoms with Crippen molar-refractivity contribution in [3.8, 4) is 16.9 Å². The van der Waals surface area contributed by atoms with Crippen LogP contribution in [0, 0.1) is 0 Å². The van der Waals surface area contributed by atoms with Crippen LogP contribution in [0.5, 0.6) is 5.75 Å². The molecule has 0 radical (unpaired) electrons. The predicted octanol–water partition coefficient (Wildman–Crippen LogP) is 5.56. The van der Waals surface area contributed by atoms with Crippen molar-refractivity contribution in [3.63, 3.8) is 0 Å². The summed E-state index contributed by atoms with van der Waals surface area (Å²) in [5.41, 5.74) is 7.40. The topological polar surface area (TPSA) is 73.6 Å². The van der Waals surface area contributed by atoms with Crippen LogP contribution in [0.4, 0.5) is 18.9 Å². The number of nitrogens with two attached hydrogens (primary N) is 1. The van der Waals surface area contributed by atoms with Gasteiger partial charge < -0.3 is 20.5 Å². The van der Waals surface area contributed by atoms with Gasteiger partial charge in [0.2, 0.25) is 5.91 Å². The van der Waals surface area contributed by atoms with E-state index in [0.29, 0.717) is 6.42 Å². The Morgan fingerprint density at radius 1 is 1.06 bits per heavy atom. The van der Waals surface area contributed by atoms with Crippen molar-refractivity contribution in [3.05, 3.63) is 82.9 Å². The SMILES string of the molecule is COC[C@H](N)C(=O)Nc1cc(Cl)c(OCCc2ccc(-c3ccccc3)cc2)c(C(F)(F)F)c1. The number of hydrogen-bond donors (Lipinski definition) is 2. The lowest BCUT2D eigenvalue weighted by molar-refractivity contribution is -0.139. The van der Waals surface area contributed by atoms with Crippen LogP contribution < -0.4 is 15.8 Å². The first-order chi connectivity index (χ1) is 16.2. The molecule has 0 spiro atoms. The van der Waals surface area contributed by atoms with Gasteiger partial charge >= 0.3 is 6.18 Å². The molecule has 3 aromatic carbocycles. The van der Waals surface area contributed by atoms with Crippen LogP contribution in [0.1, 0.15) is 11.1 Å². The first kappa shape index (κ1) is 25.6. The van der Waals surface area contributed by atoms with Crippen LogP contribution >= 0.6 is 11.6 Å². The Morgan fingerprint density at radius 3 is 2.32 bits per heavy atom. The highest BCUT2D eigenvalue weighted by Gasteiger charge is 2.36. The zero-order valence-electron chi connectivity index (χ0n) is 18.4. The lowest BCUT2D eigenvalue weighted by Gasteiger charge is -2.18. The monoisotopic (exact) mass is 492 g/mol. The highest BCUT2D eigenvalue weighted by Crippen LogP contribution is 2.42. The Hall–Kier alpha value is -3.07. The van der Waals surface area contributed by atoms with Crippen LogP contribution in [0.2, 0.25) is 5.02 Å². The molecule has 0 aromatic heterocycles. The Balaban J connectivity index is 1.70. The number of carbonyl (C=O) groups is 1. The Bertz CT molecular complexity index is 1110. The van der Waals surface area contributed by atoms with E-state index in [-0.39, 0.29) is 23.9 Å². The van der Waals surface area contributed by atoms with E-state index in [1.807, 2.05) is 54.6 Å². The van der Waals surface area contributed by atoms with Gasteiger partial charge in [-0.15, -0.1) is 0 Å². The molecule has 180 valence electrons. The molecule has 0 saturated carbocycles. The fraction of sp³-hybridized carbons (Fsp3) is 0.240. The van der Waals surface area contributed by atoms with Gasteiger partial charge in [-0.3, -0.25) is 4.79 Å². The second-order valence-corrected chi connectivity index (χ2v) is 7.95. The summed E-state index contributed by atoms with van der Waals surface area (Å²) in [4.78, 5) is 12.0. The molecule has 0 bridgehead atoms. The fourth-order valence-corrected chi connectivity index (χ4v) is 3.55. The molecule has 1 atom stereocenters. The number of halogens is 4. The number of amides is 1. The zero-order chi connectivity index (χ0) is 24.7. The number of anilines is 1. The number of nitrogens with one attached hydrogen (secondary N) is 1. The molecule has 5 nitrogen and oxygen atoms in total. The van der Waals surface area contributed by atoms with Crippen molar-refractivity contribution in [1.29, 1.82) is 0 Å². The summed E-state index contributed by atoms with van der Waals surface area (Å²) in [5, 5.41) is 2.05. The van der Waals surface area contributed by atoms with Crippen LogP contribution in [-0.4, -0.2) is 32.3 Å². The molecule has 1 amide bonds. The van der Waals surface area contributed by atoms with E-state index in [0.717, 1.165) is 22.8 Å². The quantitative estimate of drug-likeness (QED) is 0.410. The Kier molecular flexibility index (Phi) is 8.55. The van der Waals surface area contributed by atoms with Crippen molar-refractivity contribution >= 4 is 23.2 Å². The van der Waals surface area contributed by atoms with Crippen LogP contribution in [0.3, 0.4) is 0 Å². The molecule has 3 N–H and O–H groups in total. The molecule has 0 aliphatic rings. The third kappa shape index (κ3) is 6.72. The molecule has 9 heteroatoms. The van der Waals surface area contributed by atoms with Crippen LogP contribution in [-0.2, 0) is 22.1 Å². The first-order valence-electron chi connectivity index (χ1n) is 10.4. The minimum absolute atomic E-state index is 0.0160. The summed E-state index contributed by atoms with van der Waals surface area (Å²) in [6.45, 7) is -0.100. The minimum atomic E-state index is -4.74. The summed E-state index contributed by atoms with van der Waals surface area (Å²) in [6, 6.07) is 18.5. The van der Waals surface area contributed by atoms with Gasteiger partial charge in [-0.1, -0.05) is 66.2 Å². The maximum Gasteiger partial charge on any atom is 0.420 e. The Labute approximate surface area is 200 Å². The normalized spacial score (nSPS) is 12.3. The lowest BCUT2D eigenvalue weighted by atomic mass is 10.0. The second-order valence-electron chi connectivity index (χ2n) is 7.55. The average Bonchev–Trinajstić information content (AvgIpc) is 2.80.